The number of fused-ring (bicyclic) bond motifs is 1. The van der Waals surface area contributed by atoms with Crippen LogP contribution in [0.2, 0.25) is 0 Å². The molecule has 0 radical (unpaired) electrons. The van der Waals surface area contributed by atoms with Crippen LogP contribution in [-0.4, -0.2) is 37.3 Å². The molecule has 160 valence electrons. The number of allylic oxidation sites excluding steroid dienone is 10. The lowest BCUT2D eigenvalue weighted by Gasteiger charge is -2.25. The second-order valence-electron chi connectivity index (χ2n) is 8.26. The van der Waals surface area contributed by atoms with E-state index >= 15 is 0 Å². The minimum atomic E-state index is -0.0901. The molecule has 5 heteroatoms. The predicted molar refractivity (Wildman–Crippen MR) is 124 cm³/mol. The maximum Gasteiger partial charge on any atom is 0.0966 e. The smallest absolute Gasteiger partial charge is 0.0966 e. The maximum atomic E-state index is 8.15. The molecule has 5 nitrogen and oxygen atoms in total. The number of rotatable bonds is 8. The van der Waals surface area contributed by atoms with Crippen LogP contribution in [0.1, 0.15) is 27.7 Å². The van der Waals surface area contributed by atoms with E-state index in [1.54, 1.807) is 13.2 Å². The third kappa shape index (κ3) is 4.73. The Morgan fingerprint density at radius 1 is 1.27 bits per heavy atom. The minimum absolute atomic E-state index is 0.00972. The zero-order valence-electron chi connectivity index (χ0n) is 18.6. The van der Waals surface area contributed by atoms with Crippen LogP contribution < -0.4 is 5.73 Å². The topological polar surface area (TPSA) is 80.7 Å². The molecule has 0 aromatic carbocycles. The number of aliphatic imine (C=N–C) groups is 1. The van der Waals surface area contributed by atoms with Gasteiger partial charge in [-0.15, -0.1) is 0 Å². The molecule has 0 saturated heterocycles. The van der Waals surface area contributed by atoms with Crippen LogP contribution in [0.4, 0.5) is 0 Å². The van der Waals surface area contributed by atoms with Crippen LogP contribution in [0.3, 0.4) is 0 Å². The van der Waals surface area contributed by atoms with Gasteiger partial charge in [0, 0.05) is 24.6 Å². The number of methoxy groups -OCH3 is 1. The molecule has 0 saturated carbocycles. The van der Waals surface area contributed by atoms with Crippen molar-refractivity contribution < 1.29 is 9.47 Å². The summed E-state index contributed by atoms with van der Waals surface area (Å²) in [5.41, 5.74) is 10.9. The first kappa shape index (κ1) is 22.0. The molecule has 3 aliphatic carbocycles. The monoisotopic (exact) mass is 407 g/mol. The summed E-state index contributed by atoms with van der Waals surface area (Å²) < 4.78 is 11.4. The molecule has 4 unspecified atom stereocenters. The van der Waals surface area contributed by atoms with Gasteiger partial charge in [0.1, 0.15) is 0 Å². The van der Waals surface area contributed by atoms with Gasteiger partial charge >= 0.3 is 0 Å². The van der Waals surface area contributed by atoms with Crippen LogP contribution in [0.25, 0.3) is 0 Å². The van der Waals surface area contributed by atoms with Crippen molar-refractivity contribution >= 4 is 11.4 Å². The standard InChI is InChI=1S/C25H33N3O2/c1-15-10-11-19-20(15)13-21(25(19)27)22(14-30-17(3)12-16(2)29-5)18(4)28-24-9-7-6-8-23(24)26/h6-13,15-16,18,20,22,26H,14,27H2,1-5H3/b17-12-,26-23?,28-24?/t15-,16?,18?,20?,22?/m0/s1. The van der Waals surface area contributed by atoms with Gasteiger partial charge in [-0.2, -0.15) is 0 Å². The van der Waals surface area contributed by atoms with Crippen LogP contribution in [-0.2, 0) is 9.47 Å². The van der Waals surface area contributed by atoms with Gasteiger partial charge in [-0.05, 0) is 56.1 Å². The highest BCUT2D eigenvalue weighted by atomic mass is 16.5. The van der Waals surface area contributed by atoms with Crippen molar-refractivity contribution in [3.05, 3.63) is 71.2 Å². The normalized spacial score (nSPS) is 27.5. The Hall–Kier alpha value is -2.66. The Kier molecular flexibility index (Phi) is 6.93. The van der Waals surface area contributed by atoms with Gasteiger partial charge in [-0.3, -0.25) is 10.4 Å². The number of hydrogen-bond donors (Lipinski definition) is 2. The fourth-order valence-corrected chi connectivity index (χ4v) is 4.11. The zero-order valence-corrected chi connectivity index (χ0v) is 18.6. The first-order valence-corrected chi connectivity index (χ1v) is 10.6. The van der Waals surface area contributed by atoms with E-state index in [9.17, 15) is 0 Å². The number of ether oxygens (including phenoxy) is 2. The third-order valence-corrected chi connectivity index (χ3v) is 6.05. The molecular formula is C25H33N3O2. The maximum absolute atomic E-state index is 8.15. The van der Waals surface area contributed by atoms with Gasteiger partial charge in [0.25, 0.3) is 0 Å². The second-order valence-corrected chi connectivity index (χ2v) is 8.26. The van der Waals surface area contributed by atoms with E-state index in [4.69, 9.17) is 25.6 Å². The van der Waals surface area contributed by atoms with Crippen molar-refractivity contribution in [1.82, 2.24) is 0 Å². The van der Waals surface area contributed by atoms with E-state index in [-0.39, 0.29) is 18.1 Å². The molecular weight excluding hydrogens is 374 g/mol. The Balaban J connectivity index is 1.87. The largest absolute Gasteiger partial charge is 0.498 e. The lowest BCUT2D eigenvalue weighted by molar-refractivity contribution is 0.138. The molecule has 0 aromatic rings. The Morgan fingerprint density at radius 2 is 2.00 bits per heavy atom. The third-order valence-electron chi connectivity index (χ3n) is 6.05. The van der Waals surface area contributed by atoms with E-state index in [0.717, 1.165) is 17.0 Å². The van der Waals surface area contributed by atoms with Gasteiger partial charge < -0.3 is 15.2 Å². The van der Waals surface area contributed by atoms with Crippen molar-refractivity contribution in [3.8, 4) is 0 Å². The summed E-state index contributed by atoms with van der Waals surface area (Å²) in [5, 5.41) is 8.15. The van der Waals surface area contributed by atoms with E-state index in [0.29, 0.717) is 29.9 Å². The summed E-state index contributed by atoms with van der Waals surface area (Å²) in [6.07, 6.45) is 16.0. The lowest BCUT2D eigenvalue weighted by Crippen LogP contribution is -2.27. The molecule has 3 rings (SSSR count). The molecule has 0 heterocycles. The van der Waals surface area contributed by atoms with Crippen molar-refractivity contribution in [1.29, 1.82) is 5.41 Å². The molecule has 0 bridgehead atoms. The summed E-state index contributed by atoms with van der Waals surface area (Å²) in [6.45, 7) is 8.68. The number of hydrogen-bond acceptors (Lipinski definition) is 5. The number of nitrogens with two attached hydrogens (primary N) is 1. The van der Waals surface area contributed by atoms with Crippen molar-refractivity contribution in [2.45, 2.75) is 39.8 Å². The molecule has 0 fully saturated rings. The quantitative estimate of drug-likeness (QED) is 0.459. The summed E-state index contributed by atoms with van der Waals surface area (Å²) in [6, 6.07) is -0.0901. The van der Waals surface area contributed by atoms with Gasteiger partial charge in [-0.25, -0.2) is 0 Å². The number of nitrogens with zero attached hydrogens (tertiary/aromatic N) is 1. The molecule has 0 aromatic heterocycles. The fraction of sp³-hybridized carbons (Fsp3) is 0.440. The van der Waals surface area contributed by atoms with Gasteiger partial charge in [0.15, 0.2) is 0 Å². The molecule has 3 aliphatic rings. The summed E-state index contributed by atoms with van der Waals surface area (Å²) in [5.74, 6) is 1.59. The van der Waals surface area contributed by atoms with Crippen LogP contribution in [0, 0.1) is 23.2 Å². The zero-order chi connectivity index (χ0) is 21.8. The Morgan fingerprint density at radius 3 is 2.67 bits per heavy atom. The molecule has 0 aliphatic heterocycles. The number of nitrogens with one attached hydrogen (secondary N) is 1. The molecule has 30 heavy (non-hydrogen) atoms. The predicted octanol–water partition coefficient (Wildman–Crippen LogP) is 4.51. The van der Waals surface area contributed by atoms with Crippen LogP contribution in [0.15, 0.2) is 76.2 Å². The van der Waals surface area contributed by atoms with Gasteiger partial charge in [0.05, 0.1) is 35.9 Å². The molecule has 3 N–H and O–H groups in total. The van der Waals surface area contributed by atoms with Crippen molar-refractivity contribution in [2.75, 3.05) is 13.7 Å². The van der Waals surface area contributed by atoms with Gasteiger partial charge in [0.2, 0.25) is 0 Å². The summed E-state index contributed by atoms with van der Waals surface area (Å²) >= 11 is 0. The highest BCUT2D eigenvalue weighted by Crippen LogP contribution is 2.43. The van der Waals surface area contributed by atoms with Crippen LogP contribution in [0.5, 0.6) is 0 Å². The minimum Gasteiger partial charge on any atom is -0.498 e. The lowest BCUT2D eigenvalue weighted by atomic mass is 9.90. The molecule has 0 amide bonds. The first-order valence-electron chi connectivity index (χ1n) is 10.6. The highest BCUT2D eigenvalue weighted by Gasteiger charge is 2.35. The van der Waals surface area contributed by atoms with Crippen LogP contribution >= 0.6 is 0 Å². The van der Waals surface area contributed by atoms with E-state index in [2.05, 4.69) is 32.1 Å². The average Bonchev–Trinajstić information content (AvgIpc) is 3.24. The van der Waals surface area contributed by atoms with E-state index in [1.165, 1.54) is 5.57 Å². The Labute approximate surface area is 179 Å². The van der Waals surface area contributed by atoms with Crippen molar-refractivity contribution in [3.63, 3.8) is 0 Å². The molecule has 5 atom stereocenters. The van der Waals surface area contributed by atoms with E-state index < -0.39 is 0 Å². The summed E-state index contributed by atoms with van der Waals surface area (Å²) in [7, 11) is 1.68. The first-order chi connectivity index (χ1) is 14.3. The van der Waals surface area contributed by atoms with Gasteiger partial charge in [-0.1, -0.05) is 37.3 Å². The fourth-order valence-electron chi connectivity index (χ4n) is 4.11. The summed E-state index contributed by atoms with van der Waals surface area (Å²) in [4.78, 5) is 4.86. The van der Waals surface area contributed by atoms with E-state index in [1.807, 2.05) is 38.2 Å². The molecule has 0 spiro atoms. The average molecular weight is 408 g/mol. The second kappa shape index (κ2) is 9.43. The van der Waals surface area contributed by atoms with Crippen molar-refractivity contribution in [2.24, 2.45) is 28.5 Å². The SMILES string of the molecule is COC(C)/C=C(/C)OCC(C1=CC2C(=C1N)C=C[C@@H]2C)C(C)N=C1C=CC=CC1=N. The Bertz CT molecular complexity index is 901. The highest BCUT2D eigenvalue weighted by molar-refractivity contribution is 6.50.